The lowest BCUT2D eigenvalue weighted by Crippen LogP contribution is -2.33. The first-order valence-corrected chi connectivity index (χ1v) is 27.5. The number of benzene rings is 3. The molecule has 0 saturated heterocycles. The molecule has 14 rings (SSSR count). The fourth-order valence-corrected chi connectivity index (χ4v) is 11.7. The lowest BCUT2D eigenvalue weighted by Gasteiger charge is -2.11. The minimum Gasteiger partial charge on any atom is -0.437 e. The molecular formula is C70H73N6O3+3. The molecule has 2 aliphatic heterocycles. The number of furan rings is 3. The van der Waals surface area contributed by atoms with E-state index < -0.39 is 25.5 Å². The molecule has 1 unspecified atom stereocenters. The third-order valence-corrected chi connectivity index (χ3v) is 15.5. The number of hydrogen-bond donors (Lipinski definition) is 0. The van der Waals surface area contributed by atoms with Crippen LogP contribution in [-0.4, -0.2) is 15.0 Å². The number of aryl methyl sites for hydroxylation is 8. The van der Waals surface area contributed by atoms with Gasteiger partial charge in [-0.3, -0.25) is 0 Å². The normalized spacial score (nSPS) is 15.3. The van der Waals surface area contributed by atoms with Gasteiger partial charge in [-0.15, -0.1) is 0 Å². The van der Waals surface area contributed by atoms with Crippen LogP contribution in [0, 0.1) is 66.2 Å². The van der Waals surface area contributed by atoms with Crippen LogP contribution >= 0.6 is 0 Å². The van der Waals surface area contributed by atoms with E-state index in [1.807, 2.05) is 100 Å². The molecule has 398 valence electrons. The summed E-state index contributed by atoms with van der Waals surface area (Å²) in [6.07, 6.45) is 3.26. The zero-order valence-electron chi connectivity index (χ0n) is 55.6. The van der Waals surface area contributed by atoms with Gasteiger partial charge < -0.3 is 13.3 Å². The van der Waals surface area contributed by atoms with Crippen molar-refractivity contribution in [3.8, 4) is 33.8 Å². The van der Waals surface area contributed by atoms with Crippen molar-refractivity contribution in [2.24, 2.45) is 24.8 Å². The summed E-state index contributed by atoms with van der Waals surface area (Å²) in [5, 5.41) is 6.23. The van der Waals surface area contributed by atoms with E-state index in [9.17, 15) is 0 Å². The lowest BCUT2D eigenvalue weighted by atomic mass is 9.96. The number of aromatic nitrogens is 6. The molecule has 0 saturated carbocycles. The molecule has 0 fully saturated rings. The average molecular weight is 1050 g/mol. The summed E-state index contributed by atoms with van der Waals surface area (Å²) < 4.78 is 90.7. The van der Waals surface area contributed by atoms with Crippen molar-refractivity contribution in [2.45, 2.75) is 122 Å². The molecule has 0 bridgehead atoms. The molecule has 0 spiro atoms. The van der Waals surface area contributed by atoms with E-state index in [4.69, 9.17) is 24.2 Å². The lowest BCUT2D eigenvalue weighted by molar-refractivity contribution is -0.672. The Bertz CT molecular complexity index is 4820. The van der Waals surface area contributed by atoms with E-state index in [1.54, 1.807) is 13.1 Å². The minimum absolute atomic E-state index is 0.109. The summed E-state index contributed by atoms with van der Waals surface area (Å²) >= 11 is 0. The molecule has 0 radical (unpaired) electrons. The third kappa shape index (κ3) is 9.34. The monoisotopic (exact) mass is 1050 g/mol. The minimum atomic E-state index is -2.78. The van der Waals surface area contributed by atoms with Gasteiger partial charge in [-0.05, 0) is 156 Å². The molecule has 2 aliphatic rings. The molecule has 0 N–H and O–H groups in total. The Hall–Kier alpha value is -8.04. The van der Waals surface area contributed by atoms with Crippen LogP contribution < -0.4 is 13.7 Å². The van der Waals surface area contributed by atoms with Gasteiger partial charge in [0.2, 0.25) is 34.2 Å². The highest BCUT2D eigenvalue weighted by Gasteiger charge is 2.34. The van der Waals surface area contributed by atoms with E-state index in [1.165, 1.54) is 27.9 Å². The first kappa shape index (κ1) is 42.9. The summed E-state index contributed by atoms with van der Waals surface area (Å²) in [5.41, 5.74) is 22.4. The van der Waals surface area contributed by atoms with Crippen LogP contribution in [-0.2, 0) is 39.3 Å². The smallest absolute Gasteiger partial charge is 0.227 e. The van der Waals surface area contributed by atoms with Crippen LogP contribution in [0.25, 0.3) is 100.0 Å². The molecule has 3 aromatic carbocycles. The standard InChI is InChI=1S/C24H27N2O.2C23H23N2O/c1-14(2)11-18-13-26(6)21(12-16(18)4)22-15(3)7-9-19-20-10-8-17(5)25-24(20)27-23(19)22;2*1-13(2)9-17-12-25-11-16-6-8-18-19-7-5-15(4)24-23(19)26-22(18)21(16)20(25)10-14(17)3/h7-10,12-14H,11H2,1-6H3;2*5-8,10,12-13H,9,11H2,1-4H3/q3*+1/i11D2;1D3,9D2,13D;. The van der Waals surface area contributed by atoms with Crippen LogP contribution in [0.1, 0.15) is 120 Å². The van der Waals surface area contributed by atoms with Crippen LogP contribution in [0.5, 0.6) is 0 Å². The largest absolute Gasteiger partial charge is 0.437 e. The van der Waals surface area contributed by atoms with Gasteiger partial charge in [0.1, 0.15) is 7.05 Å². The Morgan fingerprint density at radius 3 is 1.37 bits per heavy atom. The highest BCUT2D eigenvalue weighted by atomic mass is 16.3. The van der Waals surface area contributed by atoms with Crippen LogP contribution in [0.15, 0.2) is 123 Å². The first-order valence-electron chi connectivity index (χ1n) is 31.5. The Balaban J connectivity index is 0.000000128. The Morgan fingerprint density at radius 1 is 0.481 bits per heavy atom. The predicted octanol–water partition coefficient (Wildman–Crippen LogP) is 15.8. The number of nitrogens with zero attached hydrogens (tertiary/aromatic N) is 6. The number of pyridine rings is 6. The van der Waals surface area contributed by atoms with Gasteiger partial charge >= 0.3 is 0 Å². The van der Waals surface area contributed by atoms with Crippen molar-refractivity contribution in [3.05, 3.63) is 177 Å². The van der Waals surface area contributed by atoms with Crippen molar-refractivity contribution in [3.63, 3.8) is 0 Å². The average Bonchev–Trinajstić information content (AvgIpc) is 1.88. The van der Waals surface area contributed by atoms with E-state index in [-0.39, 0.29) is 11.5 Å². The van der Waals surface area contributed by atoms with Crippen LogP contribution in [0.2, 0.25) is 0 Å². The van der Waals surface area contributed by atoms with Crippen LogP contribution in [0.3, 0.4) is 0 Å². The summed E-state index contributed by atoms with van der Waals surface area (Å²) in [5.74, 6) is -1.75. The fraction of sp³-hybridized carbons (Fsp3) is 0.314. The molecule has 1 atom stereocenters. The molecule has 9 nitrogen and oxygen atoms in total. The Labute approximate surface area is 474 Å². The molecule has 0 aliphatic carbocycles. The van der Waals surface area contributed by atoms with E-state index in [0.29, 0.717) is 29.5 Å². The second-order valence-corrected chi connectivity index (χ2v) is 22.7. The third-order valence-electron chi connectivity index (χ3n) is 15.5. The van der Waals surface area contributed by atoms with E-state index in [2.05, 4.69) is 108 Å². The summed E-state index contributed by atoms with van der Waals surface area (Å²) in [6, 6.07) is 31.2. The van der Waals surface area contributed by atoms with Crippen molar-refractivity contribution in [1.82, 2.24) is 15.0 Å². The van der Waals surface area contributed by atoms with Gasteiger partial charge in [0, 0.05) is 106 Å². The van der Waals surface area contributed by atoms with E-state index >= 15 is 0 Å². The van der Waals surface area contributed by atoms with Gasteiger partial charge in [0.05, 0.1) is 16.7 Å². The van der Waals surface area contributed by atoms with Gasteiger partial charge in [0.25, 0.3) is 0 Å². The molecule has 11 heterocycles. The van der Waals surface area contributed by atoms with Gasteiger partial charge in [0.15, 0.2) is 48.4 Å². The number of rotatable bonds is 7. The molecule has 0 amide bonds. The van der Waals surface area contributed by atoms with Gasteiger partial charge in [-0.25, -0.2) is 19.5 Å². The maximum Gasteiger partial charge on any atom is 0.227 e. The molecule has 79 heavy (non-hydrogen) atoms. The van der Waals surface area contributed by atoms with Gasteiger partial charge in [-0.2, -0.15) is 9.13 Å². The topological polar surface area (TPSA) is 89.7 Å². The van der Waals surface area contributed by atoms with Crippen LogP contribution in [0.4, 0.5) is 0 Å². The summed E-state index contributed by atoms with van der Waals surface area (Å²) in [7, 11) is 1.97. The summed E-state index contributed by atoms with van der Waals surface area (Å²) in [6.45, 7) is 22.1. The van der Waals surface area contributed by atoms with Gasteiger partial charge in [-0.1, -0.05) is 65.7 Å². The second-order valence-electron chi connectivity index (χ2n) is 22.7. The number of fused-ring (bicyclic) bond motifs is 17. The molecule has 9 aromatic heterocycles. The van der Waals surface area contributed by atoms with E-state index in [0.717, 1.165) is 137 Å². The number of hydrogen-bond acceptors (Lipinski definition) is 6. The second kappa shape index (κ2) is 20.0. The zero-order valence-corrected chi connectivity index (χ0v) is 47.6. The van der Waals surface area contributed by atoms with Crippen molar-refractivity contribution in [2.75, 3.05) is 0 Å². The van der Waals surface area contributed by atoms with Crippen molar-refractivity contribution < 1.29 is 37.9 Å². The highest BCUT2D eigenvalue weighted by molar-refractivity contribution is 6.11. The zero-order chi connectivity index (χ0) is 62.3. The highest BCUT2D eigenvalue weighted by Crippen LogP contribution is 2.42. The van der Waals surface area contributed by atoms with Crippen molar-refractivity contribution >= 4 is 66.2 Å². The molecule has 12 aromatic rings. The first-order chi connectivity index (χ1) is 40.9. The van der Waals surface area contributed by atoms with Crippen molar-refractivity contribution in [1.29, 1.82) is 0 Å². The Kier molecular flexibility index (Phi) is 10.9. The quantitative estimate of drug-likeness (QED) is 0.148. The maximum atomic E-state index is 8.59. The fourth-order valence-electron chi connectivity index (χ4n) is 11.7. The maximum absolute atomic E-state index is 8.59. The Morgan fingerprint density at radius 2 is 0.899 bits per heavy atom. The molecular weight excluding hydrogens is 973 g/mol. The SMILES string of the molecule is Cc1ccc2c(n1)oc1c3c(ccc12)C[n+]1cc(CC(C)C)c(C)cc1-3.[2H]C([2H])([2H])C([2H])(C)C([2H])([2H])c1c[n+]2c(cc1C)-c1c(ccc3c1oc1nc(C)ccc13)C2.[2H]C([2H])(c1c[n+](C)c(-c2c(C)ccc3c2oc2nc(C)ccc23)cc1C)C(C)C. The summed E-state index contributed by atoms with van der Waals surface area (Å²) in [4.78, 5) is 13.7. The predicted molar refractivity (Wildman–Crippen MR) is 319 cm³/mol. The molecule has 9 heteroatoms.